The first-order valence-electron chi connectivity index (χ1n) is 4.27. The van der Waals surface area contributed by atoms with Gasteiger partial charge >= 0.3 is 0 Å². The molecule has 0 saturated carbocycles. The van der Waals surface area contributed by atoms with Gasteiger partial charge in [0.2, 0.25) is 0 Å². The molecular weight excluding hydrogens is 196 g/mol. The highest BCUT2D eigenvalue weighted by Gasteiger charge is 2.19. The summed E-state index contributed by atoms with van der Waals surface area (Å²) in [5, 5.41) is 34.3. The van der Waals surface area contributed by atoms with Crippen LogP contribution in [0.2, 0.25) is 0 Å². The molecule has 76 valence electrons. The highest BCUT2D eigenvalue weighted by molar-refractivity contribution is 5.77. The van der Waals surface area contributed by atoms with Gasteiger partial charge in [-0.1, -0.05) is 0 Å². The van der Waals surface area contributed by atoms with Crippen LogP contribution in [-0.4, -0.2) is 31.5 Å². The normalized spacial score (nSPS) is 14.7. The van der Waals surface area contributed by atoms with E-state index in [2.05, 4.69) is 15.2 Å². The summed E-state index contributed by atoms with van der Waals surface area (Å²) in [5.41, 5.74) is 0.982. The molecule has 2 unspecified atom stereocenters. The molecule has 3 N–H and O–H groups in total. The summed E-state index contributed by atoms with van der Waals surface area (Å²) in [6.45, 7) is 0. The highest BCUT2D eigenvalue weighted by Crippen LogP contribution is 2.18. The van der Waals surface area contributed by atoms with Gasteiger partial charge < -0.3 is 10.2 Å². The lowest BCUT2D eigenvalue weighted by Crippen LogP contribution is -2.16. The first-order valence-corrected chi connectivity index (χ1v) is 4.27. The summed E-state index contributed by atoms with van der Waals surface area (Å²) in [6.07, 6.45) is 0.299. The topological polar surface area (TPSA) is 106 Å². The predicted molar refractivity (Wildman–Crippen MR) is 50.5 cm³/mol. The number of aliphatic hydroxyl groups is 2. The van der Waals surface area contributed by atoms with Gasteiger partial charge in [-0.05, 0) is 6.07 Å². The zero-order valence-electron chi connectivity index (χ0n) is 7.62. The molecule has 0 aromatic carbocycles. The van der Waals surface area contributed by atoms with E-state index in [1.807, 2.05) is 0 Å². The van der Waals surface area contributed by atoms with Crippen molar-refractivity contribution in [3.05, 3.63) is 24.2 Å². The molecule has 6 nitrogen and oxygen atoms in total. The Morgan fingerprint density at radius 3 is 2.93 bits per heavy atom. The van der Waals surface area contributed by atoms with Gasteiger partial charge in [-0.25, -0.2) is 0 Å². The number of fused-ring (bicyclic) bond motifs is 1. The Balaban J connectivity index is 2.40. The minimum absolute atomic E-state index is 0.248. The summed E-state index contributed by atoms with van der Waals surface area (Å²) in [7, 11) is 0. The van der Waals surface area contributed by atoms with E-state index < -0.39 is 12.2 Å². The van der Waals surface area contributed by atoms with Crippen molar-refractivity contribution < 1.29 is 10.2 Å². The second-order valence-corrected chi connectivity index (χ2v) is 3.09. The fraction of sp³-hybridized carbons (Fsp3) is 0.222. The van der Waals surface area contributed by atoms with Crippen LogP contribution in [0.1, 0.15) is 11.8 Å². The molecule has 0 aliphatic rings. The van der Waals surface area contributed by atoms with Crippen LogP contribution in [0.25, 0.3) is 10.9 Å². The number of aromatic amines is 1. The molecule has 0 radical (unpaired) electrons. The standard InChI is InChI=1S/C9H8N4O2/c10-2-8(14)9(15)6-1-5-3-12-13-7(5)4-11-6/h1,3-4,8-9,14-15H,(H,12,13). The number of aliphatic hydroxyl groups excluding tert-OH is 2. The lowest BCUT2D eigenvalue weighted by atomic mass is 10.1. The van der Waals surface area contributed by atoms with Gasteiger partial charge in [-0.2, -0.15) is 10.4 Å². The van der Waals surface area contributed by atoms with E-state index in [-0.39, 0.29) is 5.69 Å². The molecule has 0 aliphatic carbocycles. The highest BCUT2D eigenvalue weighted by atomic mass is 16.3. The van der Waals surface area contributed by atoms with Gasteiger partial charge in [-0.3, -0.25) is 10.1 Å². The Bertz CT molecular complexity index is 516. The molecule has 6 heteroatoms. The molecule has 2 atom stereocenters. The number of nitrogens with zero attached hydrogens (tertiary/aromatic N) is 3. The van der Waals surface area contributed by atoms with Crippen LogP contribution < -0.4 is 0 Å². The van der Waals surface area contributed by atoms with E-state index in [9.17, 15) is 5.11 Å². The molecule has 0 bridgehead atoms. The average molecular weight is 204 g/mol. The SMILES string of the molecule is N#CC(O)C(O)c1cc2cn[nH]c2cn1. The number of aromatic nitrogens is 3. The van der Waals surface area contributed by atoms with Crippen molar-refractivity contribution in [2.75, 3.05) is 0 Å². The quantitative estimate of drug-likeness (QED) is 0.591. The van der Waals surface area contributed by atoms with Crippen molar-refractivity contribution >= 4 is 10.9 Å². The van der Waals surface area contributed by atoms with Crippen molar-refractivity contribution in [1.82, 2.24) is 15.2 Å². The fourth-order valence-electron chi connectivity index (χ4n) is 1.25. The van der Waals surface area contributed by atoms with Gasteiger partial charge in [0.25, 0.3) is 0 Å². The van der Waals surface area contributed by atoms with Crippen LogP contribution in [-0.2, 0) is 0 Å². The molecule has 0 aliphatic heterocycles. The lowest BCUT2D eigenvalue weighted by molar-refractivity contribution is 0.0500. The van der Waals surface area contributed by atoms with Gasteiger partial charge in [0.05, 0.1) is 29.7 Å². The van der Waals surface area contributed by atoms with E-state index in [0.29, 0.717) is 0 Å². The molecule has 0 saturated heterocycles. The summed E-state index contributed by atoms with van der Waals surface area (Å²) in [6, 6.07) is 3.12. The smallest absolute Gasteiger partial charge is 0.171 e. The average Bonchev–Trinajstić information content (AvgIpc) is 2.73. The second kappa shape index (κ2) is 3.65. The van der Waals surface area contributed by atoms with Crippen molar-refractivity contribution in [1.29, 1.82) is 5.26 Å². The molecular formula is C9H8N4O2. The number of hydrogen-bond donors (Lipinski definition) is 3. The summed E-state index contributed by atoms with van der Waals surface area (Å²) < 4.78 is 0. The maximum atomic E-state index is 9.52. The van der Waals surface area contributed by atoms with Crippen molar-refractivity contribution in [3.8, 4) is 6.07 Å². The largest absolute Gasteiger partial charge is 0.383 e. The number of rotatable bonds is 2. The second-order valence-electron chi connectivity index (χ2n) is 3.09. The third-order valence-electron chi connectivity index (χ3n) is 2.08. The van der Waals surface area contributed by atoms with Gasteiger partial charge in [0.15, 0.2) is 6.10 Å². The third-order valence-corrected chi connectivity index (χ3v) is 2.08. The maximum absolute atomic E-state index is 9.52. The number of hydrogen-bond acceptors (Lipinski definition) is 5. The molecule has 0 amide bonds. The first kappa shape index (κ1) is 9.58. The summed E-state index contributed by atoms with van der Waals surface area (Å²) in [4.78, 5) is 3.92. The minimum atomic E-state index is -1.47. The Kier molecular flexibility index (Phi) is 2.33. The number of nitriles is 1. The first-order chi connectivity index (χ1) is 7.22. The number of pyridine rings is 1. The van der Waals surface area contributed by atoms with Crippen LogP contribution in [0.4, 0.5) is 0 Å². The van der Waals surface area contributed by atoms with E-state index in [1.54, 1.807) is 18.3 Å². The zero-order chi connectivity index (χ0) is 10.8. The van der Waals surface area contributed by atoms with Crippen LogP contribution in [0.3, 0.4) is 0 Å². The molecule has 2 aromatic heterocycles. The predicted octanol–water partition coefficient (Wildman–Crippen LogP) is -0.124. The van der Waals surface area contributed by atoms with Crippen LogP contribution in [0.5, 0.6) is 0 Å². The van der Waals surface area contributed by atoms with Crippen molar-refractivity contribution in [2.45, 2.75) is 12.2 Å². The van der Waals surface area contributed by atoms with Gasteiger partial charge in [0, 0.05) is 5.39 Å². The summed E-state index contributed by atoms with van der Waals surface area (Å²) >= 11 is 0. The summed E-state index contributed by atoms with van der Waals surface area (Å²) in [5.74, 6) is 0. The zero-order valence-corrected chi connectivity index (χ0v) is 7.62. The van der Waals surface area contributed by atoms with E-state index in [0.717, 1.165) is 10.9 Å². The number of nitrogens with one attached hydrogen (secondary N) is 1. The molecule has 0 spiro atoms. The van der Waals surface area contributed by atoms with Crippen LogP contribution in [0, 0.1) is 11.3 Å². The Labute approximate surface area is 84.8 Å². The van der Waals surface area contributed by atoms with E-state index in [1.165, 1.54) is 6.20 Å². The maximum Gasteiger partial charge on any atom is 0.171 e. The Hall–Kier alpha value is -1.97. The molecule has 2 heterocycles. The minimum Gasteiger partial charge on any atom is -0.383 e. The monoisotopic (exact) mass is 204 g/mol. The van der Waals surface area contributed by atoms with Crippen LogP contribution >= 0.6 is 0 Å². The Morgan fingerprint density at radius 2 is 2.20 bits per heavy atom. The lowest BCUT2D eigenvalue weighted by Gasteiger charge is -2.10. The van der Waals surface area contributed by atoms with Crippen molar-refractivity contribution in [3.63, 3.8) is 0 Å². The molecule has 15 heavy (non-hydrogen) atoms. The Morgan fingerprint density at radius 1 is 1.40 bits per heavy atom. The number of H-pyrrole nitrogens is 1. The molecule has 2 aromatic rings. The van der Waals surface area contributed by atoms with Crippen LogP contribution in [0.15, 0.2) is 18.5 Å². The fourth-order valence-corrected chi connectivity index (χ4v) is 1.25. The van der Waals surface area contributed by atoms with E-state index in [4.69, 9.17) is 10.4 Å². The molecule has 2 rings (SSSR count). The van der Waals surface area contributed by atoms with E-state index >= 15 is 0 Å². The third kappa shape index (κ3) is 1.66. The van der Waals surface area contributed by atoms with Crippen molar-refractivity contribution in [2.24, 2.45) is 0 Å². The van der Waals surface area contributed by atoms with Gasteiger partial charge in [0.1, 0.15) is 6.10 Å². The van der Waals surface area contributed by atoms with Gasteiger partial charge in [-0.15, -0.1) is 0 Å². The molecule has 0 fully saturated rings.